The average Bonchev–Trinajstić information content (AvgIpc) is 3.65. The number of benzene rings is 5. The zero-order chi connectivity index (χ0) is 33.2. The quantitative estimate of drug-likeness (QED) is 0.128. The van der Waals surface area contributed by atoms with Crippen molar-refractivity contribution < 1.29 is 25.2 Å². The third-order valence-corrected chi connectivity index (χ3v) is 12.3. The number of para-hydroxylation sites is 3. The predicted octanol–water partition coefficient (Wildman–Crippen LogP) is 8.14. The summed E-state index contributed by atoms with van der Waals surface area (Å²) in [7, 11) is -2.35. The summed E-state index contributed by atoms with van der Waals surface area (Å²) >= 11 is 0. The fraction of sp³-hybridized carbons (Fsp3) is 0.100. The standard InChI is InChI=1S/C40H33N4Si.Pt/c1-28-12-5-6-15-33(28)29-22-23-41-40(24-29)44-36-17-8-7-16-34(36)35-21-20-32(26-39(35)44)45(3,4)31-14-11-13-30(25-31)43-27-42(2)37-18-9-10-19-38(37)43;/h5-24,27H,1-4H3;/q-1;/i2D3;. The second-order valence-electron chi connectivity index (χ2n) is 12.1. The van der Waals surface area contributed by atoms with Gasteiger partial charge in [-0.3, -0.25) is 0 Å². The van der Waals surface area contributed by atoms with E-state index in [-0.39, 0.29) is 21.1 Å². The van der Waals surface area contributed by atoms with Crippen molar-refractivity contribution in [3.05, 3.63) is 145 Å². The molecule has 5 aromatic carbocycles. The molecule has 0 fully saturated rings. The molecule has 0 atom stereocenters. The molecule has 46 heavy (non-hydrogen) atoms. The predicted molar refractivity (Wildman–Crippen MR) is 190 cm³/mol. The normalized spacial score (nSPS) is 13.0. The van der Waals surface area contributed by atoms with Crippen molar-refractivity contribution in [2.24, 2.45) is 6.98 Å². The molecule has 0 spiro atoms. The fourth-order valence-corrected chi connectivity index (χ4v) is 8.69. The molecular weight excluding hydrogens is 760 g/mol. The van der Waals surface area contributed by atoms with Crippen molar-refractivity contribution in [1.82, 2.24) is 18.7 Å². The van der Waals surface area contributed by atoms with Crippen LogP contribution in [0, 0.1) is 19.1 Å². The zero-order valence-electron chi connectivity index (χ0n) is 28.7. The molecule has 0 aliphatic rings. The van der Waals surface area contributed by atoms with E-state index in [0.717, 1.165) is 54.8 Å². The van der Waals surface area contributed by atoms with Crippen LogP contribution in [0.15, 0.2) is 128 Å². The van der Waals surface area contributed by atoms with Gasteiger partial charge < -0.3 is 4.57 Å². The Bertz CT molecular complexity index is 2510. The Morgan fingerprint density at radius 3 is 2.30 bits per heavy atom. The Balaban J connectivity index is 0.00000378. The molecule has 3 heterocycles. The van der Waals surface area contributed by atoms with Crippen LogP contribution in [-0.2, 0) is 28.0 Å². The third-order valence-electron chi connectivity index (χ3n) is 9.03. The Morgan fingerprint density at radius 1 is 0.739 bits per heavy atom. The summed E-state index contributed by atoms with van der Waals surface area (Å²) in [5.74, 6) is 0.852. The van der Waals surface area contributed by atoms with Crippen LogP contribution in [0.25, 0.3) is 55.5 Å². The first-order valence-electron chi connectivity index (χ1n) is 16.6. The van der Waals surface area contributed by atoms with Crippen LogP contribution >= 0.6 is 0 Å². The smallest absolute Gasteiger partial charge is 0.188 e. The molecule has 228 valence electrons. The number of rotatable bonds is 5. The average molecular weight is 796 g/mol. The number of pyridine rings is 1. The molecule has 0 amide bonds. The number of aryl methyl sites for hydroxylation is 2. The van der Waals surface area contributed by atoms with E-state index >= 15 is 0 Å². The van der Waals surface area contributed by atoms with E-state index < -0.39 is 15.0 Å². The largest absolute Gasteiger partial charge is 0.319 e. The number of fused-ring (bicyclic) bond motifs is 4. The summed E-state index contributed by atoms with van der Waals surface area (Å²) in [6.45, 7) is 4.48. The van der Waals surface area contributed by atoms with Crippen molar-refractivity contribution >= 4 is 51.3 Å². The third kappa shape index (κ3) is 4.86. The van der Waals surface area contributed by atoms with Gasteiger partial charge >= 0.3 is 0 Å². The Kier molecular flexibility index (Phi) is 6.75. The molecule has 0 bridgehead atoms. The number of nitrogens with zero attached hydrogens (tertiary/aromatic N) is 4. The van der Waals surface area contributed by atoms with Gasteiger partial charge in [0.05, 0.1) is 8.07 Å². The number of hydrogen-bond acceptors (Lipinski definition) is 1. The second kappa shape index (κ2) is 11.7. The molecule has 0 saturated carbocycles. The van der Waals surface area contributed by atoms with Crippen molar-refractivity contribution in [3.8, 4) is 22.6 Å². The van der Waals surface area contributed by atoms with Gasteiger partial charge in [-0.1, -0.05) is 61.1 Å². The van der Waals surface area contributed by atoms with Gasteiger partial charge in [-0.05, 0) is 59.3 Å². The van der Waals surface area contributed by atoms with Gasteiger partial charge in [0.25, 0.3) is 0 Å². The molecule has 8 rings (SSSR count). The Hall–Kier alpha value is -4.57. The van der Waals surface area contributed by atoms with E-state index in [4.69, 9.17) is 9.10 Å². The van der Waals surface area contributed by atoms with Gasteiger partial charge in [0.1, 0.15) is 5.82 Å². The summed E-state index contributed by atoms with van der Waals surface area (Å²) in [4.78, 5) is 4.88. The maximum Gasteiger partial charge on any atom is 0.188 e. The Morgan fingerprint density at radius 2 is 1.48 bits per heavy atom. The molecule has 4 nitrogen and oxygen atoms in total. The molecule has 0 radical (unpaired) electrons. The van der Waals surface area contributed by atoms with Gasteiger partial charge in [-0.25, -0.2) is 14.1 Å². The molecule has 0 aliphatic carbocycles. The van der Waals surface area contributed by atoms with Crippen LogP contribution in [0.3, 0.4) is 0 Å². The minimum absolute atomic E-state index is 0. The van der Waals surface area contributed by atoms with Gasteiger partial charge in [0, 0.05) is 61.7 Å². The Labute approximate surface area is 289 Å². The maximum atomic E-state index is 8.10. The second-order valence-corrected chi connectivity index (χ2v) is 16.5. The molecule has 0 aliphatic heterocycles. The van der Waals surface area contributed by atoms with E-state index in [1.165, 1.54) is 15.7 Å². The number of imidazole rings is 1. The maximum absolute atomic E-state index is 8.10. The minimum atomic E-state index is -2.35. The van der Waals surface area contributed by atoms with Crippen LogP contribution in [-0.4, -0.2) is 26.8 Å². The van der Waals surface area contributed by atoms with Crippen LogP contribution in [0.5, 0.6) is 0 Å². The first-order valence-corrected chi connectivity index (χ1v) is 18.1. The molecule has 0 N–H and O–H groups in total. The van der Waals surface area contributed by atoms with Crippen molar-refractivity contribution in [2.75, 3.05) is 0 Å². The van der Waals surface area contributed by atoms with E-state index in [2.05, 4.69) is 116 Å². The molecule has 6 heteroatoms. The molecule has 0 saturated heterocycles. The first-order chi connectivity index (χ1) is 23.1. The first kappa shape index (κ1) is 26.6. The van der Waals surface area contributed by atoms with Gasteiger partial charge in [0.2, 0.25) is 0 Å². The SMILES string of the molecule is [2H]C([2H])([2H])n1[cH+]n(-c2[c-]c([Si](C)(C)c3[c-]c4c(cc3)c3ccccc3n4-c3cc(-c4ccccc4C)ccn3)ccc2)c2ccccc21.[Pt]. The van der Waals surface area contributed by atoms with Gasteiger partial charge in [-0.15, -0.1) is 17.5 Å². The minimum Gasteiger partial charge on any atom is -0.319 e. The zero-order valence-corrected chi connectivity index (χ0v) is 29.0. The fourth-order valence-electron chi connectivity index (χ4n) is 6.51. The summed E-state index contributed by atoms with van der Waals surface area (Å²) in [6.07, 6.45) is 3.55. The van der Waals surface area contributed by atoms with Crippen molar-refractivity contribution in [3.63, 3.8) is 0 Å². The van der Waals surface area contributed by atoms with Gasteiger partial charge in [-0.2, -0.15) is 40.7 Å². The van der Waals surface area contributed by atoms with Crippen LogP contribution < -0.4 is 10.4 Å². The van der Waals surface area contributed by atoms with Crippen LogP contribution in [0.2, 0.25) is 13.1 Å². The molecular formula is C40H33N4PtSi-. The van der Waals surface area contributed by atoms with E-state index in [9.17, 15) is 0 Å². The van der Waals surface area contributed by atoms with Crippen LogP contribution in [0.4, 0.5) is 0 Å². The van der Waals surface area contributed by atoms with E-state index in [0.29, 0.717) is 5.52 Å². The van der Waals surface area contributed by atoms with Crippen LogP contribution in [0.1, 0.15) is 9.68 Å². The van der Waals surface area contributed by atoms with E-state index in [1.54, 1.807) is 6.33 Å². The van der Waals surface area contributed by atoms with Gasteiger partial charge in [0.15, 0.2) is 17.4 Å². The summed E-state index contributed by atoms with van der Waals surface area (Å²) in [6, 6.07) is 46.9. The number of aromatic nitrogens is 4. The van der Waals surface area contributed by atoms with E-state index in [1.807, 2.05) is 47.2 Å². The molecule has 3 aromatic heterocycles. The monoisotopic (exact) mass is 795 g/mol. The van der Waals surface area contributed by atoms with Crippen molar-refractivity contribution in [1.29, 1.82) is 0 Å². The summed E-state index contributed by atoms with van der Waals surface area (Å²) in [5.41, 5.74) is 7.89. The summed E-state index contributed by atoms with van der Waals surface area (Å²) < 4.78 is 29.8. The molecule has 8 aromatic rings. The topological polar surface area (TPSA) is 27.7 Å². The van der Waals surface area contributed by atoms with Crippen molar-refractivity contribution in [2.45, 2.75) is 20.0 Å². The number of hydrogen-bond donors (Lipinski definition) is 0. The summed E-state index contributed by atoms with van der Waals surface area (Å²) in [5, 5.41) is 4.55. The molecule has 0 unspecified atom stereocenters.